The van der Waals surface area contributed by atoms with Crippen LogP contribution in [0.1, 0.15) is 36.5 Å². The average Bonchev–Trinajstić information content (AvgIpc) is 2.84. The van der Waals surface area contributed by atoms with Gasteiger partial charge in [0.25, 0.3) is 5.56 Å². The number of halogens is 3. The molecule has 3 aromatic rings. The van der Waals surface area contributed by atoms with Gasteiger partial charge < -0.3 is 19.4 Å². The van der Waals surface area contributed by atoms with Crippen molar-refractivity contribution in [3.8, 4) is 5.75 Å². The number of methoxy groups -OCH3 is 1. The van der Waals surface area contributed by atoms with Gasteiger partial charge in [0.05, 0.1) is 44.0 Å². The summed E-state index contributed by atoms with van der Waals surface area (Å²) in [6.07, 6.45) is 2.43. The van der Waals surface area contributed by atoms with Crippen molar-refractivity contribution in [3.63, 3.8) is 0 Å². The van der Waals surface area contributed by atoms with Crippen LogP contribution in [0.3, 0.4) is 0 Å². The SMILES string of the molecule is CC.COC(=O)NCc1cnc(Cn2c(C)cc(OCc3ccc(F)cc3F)c(Br)c2=O)cn1. The van der Waals surface area contributed by atoms with Gasteiger partial charge >= 0.3 is 6.09 Å². The van der Waals surface area contributed by atoms with Gasteiger partial charge in [0, 0.05) is 23.4 Å². The number of nitrogens with one attached hydrogen (secondary N) is 1. The van der Waals surface area contributed by atoms with Gasteiger partial charge in [-0.05, 0) is 35.0 Å². The van der Waals surface area contributed by atoms with E-state index >= 15 is 0 Å². The van der Waals surface area contributed by atoms with E-state index < -0.39 is 17.7 Å². The van der Waals surface area contributed by atoms with E-state index in [9.17, 15) is 18.4 Å². The fourth-order valence-corrected chi connectivity index (χ4v) is 3.21. The van der Waals surface area contributed by atoms with E-state index in [-0.39, 0.29) is 41.0 Å². The maximum Gasteiger partial charge on any atom is 0.407 e. The summed E-state index contributed by atoms with van der Waals surface area (Å²) in [6, 6.07) is 4.83. The second-order valence-electron chi connectivity index (χ2n) is 6.72. The van der Waals surface area contributed by atoms with Gasteiger partial charge in [0.15, 0.2) is 0 Å². The van der Waals surface area contributed by atoms with Gasteiger partial charge in [-0.3, -0.25) is 14.8 Å². The number of ether oxygens (including phenoxy) is 2. The number of aryl methyl sites for hydroxylation is 1. The summed E-state index contributed by atoms with van der Waals surface area (Å²) in [4.78, 5) is 32.4. The van der Waals surface area contributed by atoms with Crippen molar-refractivity contribution in [3.05, 3.63) is 85.8 Å². The molecule has 0 unspecified atom stereocenters. The van der Waals surface area contributed by atoms with Crippen molar-refractivity contribution in [2.75, 3.05) is 7.11 Å². The van der Waals surface area contributed by atoms with Gasteiger partial charge in [-0.2, -0.15) is 0 Å². The predicted octanol–water partition coefficient (Wildman–Crippen LogP) is 4.50. The predicted molar refractivity (Wildman–Crippen MR) is 126 cm³/mol. The summed E-state index contributed by atoms with van der Waals surface area (Å²) in [5.41, 5.74) is 1.45. The van der Waals surface area contributed by atoms with Crippen molar-refractivity contribution < 1.29 is 23.0 Å². The lowest BCUT2D eigenvalue weighted by Crippen LogP contribution is -2.25. The van der Waals surface area contributed by atoms with Crippen molar-refractivity contribution in [2.24, 2.45) is 0 Å². The maximum absolute atomic E-state index is 13.8. The zero-order valence-electron chi connectivity index (χ0n) is 19.2. The molecule has 11 heteroatoms. The molecule has 0 atom stereocenters. The molecule has 2 heterocycles. The number of hydrogen-bond donors (Lipinski definition) is 1. The van der Waals surface area contributed by atoms with Crippen LogP contribution in [0.5, 0.6) is 5.75 Å². The number of carbonyl (C=O) groups excluding carboxylic acids is 1. The Labute approximate surface area is 204 Å². The third-order valence-electron chi connectivity index (χ3n) is 4.49. The lowest BCUT2D eigenvalue weighted by atomic mass is 10.2. The number of alkyl carbamates (subject to hydrolysis) is 1. The molecule has 1 N–H and O–H groups in total. The topological polar surface area (TPSA) is 95.3 Å². The Balaban J connectivity index is 0.00000199. The number of rotatable bonds is 7. The molecule has 182 valence electrons. The van der Waals surface area contributed by atoms with Crippen LogP contribution in [0.15, 0.2) is 45.9 Å². The van der Waals surface area contributed by atoms with Gasteiger partial charge in [-0.25, -0.2) is 13.6 Å². The number of carbonyl (C=O) groups is 1. The Bertz CT molecular complexity index is 1190. The molecule has 1 amide bonds. The molecule has 0 saturated heterocycles. The fraction of sp³-hybridized carbons (Fsp3) is 0.304. The molecule has 1 aromatic carbocycles. The van der Waals surface area contributed by atoms with Crippen LogP contribution < -0.4 is 15.6 Å². The standard InChI is InChI=1S/C21H19BrF2N4O4.C2H6/c1-12-5-18(32-11-13-3-4-14(23)6-17(13)24)19(22)20(29)28(12)10-16-9-25-15(7-26-16)8-27-21(30)31-2;1-2/h3-7,9H,8,10-11H2,1-2H3,(H,27,30);1-2H3. The number of benzene rings is 1. The molecule has 3 rings (SSSR count). The highest BCUT2D eigenvalue weighted by atomic mass is 79.9. The van der Waals surface area contributed by atoms with Crippen LogP contribution >= 0.6 is 15.9 Å². The van der Waals surface area contributed by atoms with Crippen LogP contribution in [0.2, 0.25) is 0 Å². The molecule has 0 bridgehead atoms. The first-order valence-electron chi connectivity index (χ1n) is 10.4. The van der Waals surface area contributed by atoms with Crippen molar-refractivity contribution >= 4 is 22.0 Å². The van der Waals surface area contributed by atoms with Crippen LogP contribution in [-0.2, 0) is 24.4 Å². The zero-order chi connectivity index (χ0) is 25.3. The van der Waals surface area contributed by atoms with E-state index in [4.69, 9.17) is 4.74 Å². The molecule has 2 aromatic heterocycles. The highest BCUT2D eigenvalue weighted by Crippen LogP contribution is 2.24. The molecule has 0 saturated carbocycles. The molecule has 0 aliphatic carbocycles. The first kappa shape index (κ1) is 26.9. The van der Waals surface area contributed by atoms with E-state index in [1.54, 1.807) is 13.0 Å². The molecule has 0 aliphatic rings. The molecule has 0 spiro atoms. The highest BCUT2D eigenvalue weighted by molar-refractivity contribution is 9.10. The van der Waals surface area contributed by atoms with Crippen LogP contribution in [0, 0.1) is 18.6 Å². The largest absolute Gasteiger partial charge is 0.487 e. The normalized spacial score (nSPS) is 10.2. The Morgan fingerprint density at radius 1 is 1.15 bits per heavy atom. The minimum absolute atomic E-state index is 0.158. The molecule has 0 fully saturated rings. The van der Waals surface area contributed by atoms with Gasteiger partial charge in [-0.15, -0.1) is 0 Å². The number of pyridine rings is 1. The molecule has 8 nitrogen and oxygen atoms in total. The Hall–Kier alpha value is -3.34. The molecule has 0 radical (unpaired) electrons. The summed E-state index contributed by atoms with van der Waals surface area (Å²) in [7, 11) is 1.26. The fourth-order valence-electron chi connectivity index (χ4n) is 2.76. The van der Waals surface area contributed by atoms with E-state index in [1.807, 2.05) is 13.8 Å². The number of hydrogen-bond acceptors (Lipinski definition) is 6. The minimum atomic E-state index is -0.727. The van der Waals surface area contributed by atoms with E-state index in [0.29, 0.717) is 17.1 Å². The lowest BCUT2D eigenvalue weighted by Gasteiger charge is -2.14. The van der Waals surface area contributed by atoms with Gasteiger partial charge in [0.2, 0.25) is 0 Å². The summed E-state index contributed by atoms with van der Waals surface area (Å²) in [5, 5.41) is 2.50. The third kappa shape index (κ3) is 7.08. The average molecular weight is 539 g/mol. The summed E-state index contributed by atoms with van der Waals surface area (Å²) in [6.45, 7) is 5.88. The number of amides is 1. The molecule has 0 aliphatic heterocycles. The molecular weight excluding hydrogens is 514 g/mol. The first-order chi connectivity index (χ1) is 16.3. The van der Waals surface area contributed by atoms with E-state index in [1.165, 1.54) is 30.1 Å². The van der Waals surface area contributed by atoms with Crippen molar-refractivity contribution in [1.82, 2.24) is 19.9 Å². The van der Waals surface area contributed by atoms with Crippen molar-refractivity contribution in [1.29, 1.82) is 0 Å². The van der Waals surface area contributed by atoms with Crippen molar-refractivity contribution in [2.45, 2.75) is 40.5 Å². The monoisotopic (exact) mass is 538 g/mol. The maximum atomic E-state index is 13.8. The minimum Gasteiger partial charge on any atom is -0.487 e. The number of nitrogens with zero attached hydrogens (tertiary/aromatic N) is 3. The first-order valence-corrected chi connectivity index (χ1v) is 11.2. The second-order valence-corrected chi connectivity index (χ2v) is 7.52. The van der Waals surface area contributed by atoms with Crippen LogP contribution in [0.25, 0.3) is 0 Å². The second kappa shape index (κ2) is 12.8. The Morgan fingerprint density at radius 3 is 2.44 bits per heavy atom. The van der Waals surface area contributed by atoms with Crippen LogP contribution in [0.4, 0.5) is 13.6 Å². The Kier molecular flexibility index (Phi) is 10.1. The Morgan fingerprint density at radius 2 is 1.82 bits per heavy atom. The van der Waals surface area contributed by atoms with Crippen LogP contribution in [-0.4, -0.2) is 27.7 Å². The quantitative estimate of drug-likeness (QED) is 0.476. The van der Waals surface area contributed by atoms with E-state index in [2.05, 4.69) is 36.0 Å². The highest BCUT2D eigenvalue weighted by Gasteiger charge is 2.14. The van der Waals surface area contributed by atoms with Gasteiger partial charge in [-0.1, -0.05) is 13.8 Å². The lowest BCUT2D eigenvalue weighted by molar-refractivity contribution is 0.170. The molecular formula is C23H25BrF2N4O4. The number of aromatic nitrogens is 3. The summed E-state index contributed by atoms with van der Waals surface area (Å²) in [5.74, 6) is -1.17. The molecule has 34 heavy (non-hydrogen) atoms. The van der Waals surface area contributed by atoms with E-state index in [0.717, 1.165) is 12.1 Å². The third-order valence-corrected chi connectivity index (χ3v) is 5.22. The zero-order valence-corrected chi connectivity index (χ0v) is 20.8. The summed E-state index contributed by atoms with van der Waals surface area (Å²) < 4.78 is 38.6. The summed E-state index contributed by atoms with van der Waals surface area (Å²) >= 11 is 3.23. The smallest absolute Gasteiger partial charge is 0.407 e. The van der Waals surface area contributed by atoms with Gasteiger partial charge in [0.1, 0.15) is 28.5 Å².